The Kier molecular flexibility index (Phi) is 5.66. The smallest absolute Gasteiger partial charge is 0.238 e. The molecule has 0 fully saturated rings. The van der Waals surface area contributed by atoms with E-state index in [-0.39, 0.29) is 18.0 Å². The third-order valence-electron chi connectivity index (χ3n) is 1.85. The second kappa shape index (κ2) is 5.94. The number of hydrogen-bond donors (Lipinski definition) is 2. The number of hydrogen-bond acceptors (Lipinski definition) is 3. The van der Waals surface area contributed by atoms with Gasteiger partial charge in [-0.3, -0.25) is 4.79 Å². The third-order valence-corrected chi connectivity index (χ3v) is 1.85. The van der Waals surface area contributed by atoms with Crippen LogP contribution in [0.3, 0.4) is 0 Å². The summed E-state index contributed by atoms with van der Waals surface area (Å²) in [7, 11) is 3.74. The molecule has 0 aliphatic rings. The molecule has 0 spiro atoms. The Balaban J connectivity index is 3.82. The molecule has 0 heterocycles. The second-order valence-corrected chi connectivity index (χ2v) is 3.56. The lowest BCUT2D eigenvalue weighted by atomic mass is 10.2. The summed E-state index contributed by atoms with van der Waals surface area (Å²) in [5.41, 5.74) is 2.99. The van der Waals surface area contributed by atoms with Crippen LogP contribution in [-0.4, -0.2) is 37.1 Å². The molecule has 78 valence electrons. The lowest BCUT2D eigenvalue weighted by molar-refractivity contribution is -0.124. The van der Waals surface area contributed by atoms with E-state index < -0.39 is 0 Å². The zero-order valence-corrected chi connectivity index (χ0v) is 9.22. The minimum atomic E-state index is -0.177. The third kappa shape index (κ3) is 5.60. The molecule has 0 bridgehead atoms. The van der Waals surface area contributed by atoms with E-state index in [0.29, 0.717) is 0 Å². The maximum absolute atomic E-state index is 11.4. The van der Waals surface area contributed by atoms with Crippen LogP contribution in [0, 0.1) is 0 Å². The van der Waals surface area contributed by atoms with E-state index in [4.69, 9.17) is 0 Å². The van der Waals surface area contributed by atoms with Crippen molar-refractivity contribution < 1.29 is 4.79 Å². The van der Waals surface area contributed by atoms with Gasteiger partial charge in [0.15, 0.2) is 0 Å². The fraction of sp³-hybridized carbons (Fsp3) is 0.889. The number of nitrogens with zero attached hydrogens (tertiary/aromatic N) is 1. The Morgan fingerprint density at radius 3 is 2.31 bits per heavy atom. The summed E-state index contributed by atoms with van der Waals surface area (Å²) >= 11 is 0. The van der Waals surface area contributed by atoms with Gasteiger partial charge in [0, 0.05) is 20.1 Å². The van der Waals surface area contributed by atoms with Crippen molar-refractivity contribution in [3.63, 3.8) is 0 Å². The highest BCUT2D eigenvalue weighted by Gasteiger charge is 2.13. The predicted octanol–water partition coefficient (Wildman–Crippen LogP) is 0.356. The van der Waals surface area contributed by atoms with Crippen molar-refractivity contribution in [3.05, 3.63) is 0 Å². The van der Waals surface area contributed by atoms with E-state index in [1.807, 2.05) is 27.9 Å². The fourth-order valence-electron chi connectivity index (χ4n) is 0.916. The standard InChI is InChI=1S/C9H21N3O/c1-6-7(2)10-9(13)8(3)11-12(4)5/h7-8,11H,6H2,1-5H3,(H,10,13). The van der Waals surface area contributed by atoms with Gasteiger partial charge in [-0.15, -0.1) is 0 Å². The highest BCUT2D eigenvalue weighted by Crippen LogP contribution is 1.90. The molecular weight excluding hydrogens is 166 g/mol. The van der Waals surface area contributed by atoms with Crippen LogP contribution >= 0.6 is 0 Å². The molecule has 0 saturated carbocycles. The van der Waals surface area contributed by atoms with Gasteiger partial charge >= 0.3 is 0 Å². The SMILES string of the molecule is CCC(C)NC(=O)C(C)NN(C)C. The van der Waals surface area contributed by atoms with Gasteiger partial charge in [-0.05, 0) is 20.3 Å². The average Bonchev–Trinajstić information content (AvgIpc) is 2.02. The molecule has 4 heteroatoms. The van der Waals surface area contributed by atoms with E-state index in [1.165, 1.54) is 0 Å². The number of carbonyl (C=O) groups is 1. The van der Waals surface area contributed by atoms with Crippen molar-refractivity contribution >= 4 is 5.91 Å². The summed E-state index contributed by atoms with van der Waals surface area (Å²) in [5, 5.41) is 4.69. The Hall–Kier alpha value is -0.610. The maximum Gasteiger partial charge on any atom is 0.238 e. The molecule has 13 heavy (non-hydrogen) atoms. The maximum atomic E-state index is 11.4. The van der Waals surface area contributed by atoms with Crippen LogP contribution in [0.2, 0.25) is 0 Å². The van der Waals surface area contributed by atoms with Crippen molar-refractivity contribution in [1.29, 1.82) is 0 Å². The summed E-state index contributed by atoms with van der Waals surface area (Å²) in [5.74, 6) is 0.0445. The predicted molar refractivity (Wildman–Crippen MR) is 54.2 cm³/mol. The Morgan fingerprint density at radius 2 is 1.92 bits per heavy atom. The highest BCUT2D eigenvalue weighted by atomic mass is 16.2. The Bertz CT molecular complexity index is 159. The van der Waals surface area contributed by atoms with Crippen LogP contribution in [0.1, 0.15) is 27.2 Å². The molecule has 0 aromatic heterocycles. The summed E-state index contributed by atoms with van der Waals surface area (Å²) in [6.45, 7) is 5.90. The zero-order chi connectivity index (χ0) is 10.4. The number of nitrogens with one attached hydrogen (secondary N) is 2. The molecule has 2 N–H and O–H groups in total. The van der Waals surface area contributed by atoms with Crippen molar-refractivity contribution in [1.82, 2.24) is 15.8 Å². The number of carbonyl (C=O) groups excluding carboxylic acids is 1. The molecule has 0 aromatic carbocycles. The van der Waals surface area contributed by atoms with Gasteiger partial charge in [0.1, 0.15) is 0 Å². The molecule has 0 radical (unpaired) electrons. The van der Waals surface area contributed by atoms with Crippen LogP contribution in [0.15, 0.2) is 0 Å². The van der Waals surface area contributed by atoms with Crippen LogP contribution < -0.4 is 10.7 Å². The average molecular weight is 187 g/mol. The van der Waals surface area contributed by atoms with Crippen LogP contribution in [0.25, 0.3) is 0 Å². The topological polar surface area (TPSA) is 44.4 Å². The minimum absolute atomic E-state index is 0.0445. The summed E-state index contributed by atoms with van der Waals surface area (Å²) < 4.78 is 0. The Labute approximate surface area is 80.7 Å². The molecule has 0 saturated heterocycles. The first-order valence-electron chi connectivity index (χ1n) is 4.71. The zero-order valence-electron chi connectivity index (χ0n) is 9.22. The number of amides is 1. The summed E-state index contributed by atoms with van der Waals surface area (Å²) in [6, 6.07) is 0.0721. The lowest BCUT2D eigenvalue weighted by Crippen LogP contribution is -2.49. The molecule has 2 unspecified atom stereocenters. The van der Waals surface area contributed by atoms with Crippen LogP contribution in [0.5, 0.6) is 0 Å². The number of hydrazine groups is 1. The van der Waals surface area contributed by atoms with Gasteiger partial charge in [-0.2, -0.15) is 0 Å². The monoisotopic (exact) mass is 187 g/mol. The van der Waals surface area contributed by atoms with Crippen molar-refractivity contribution in [2.45, 2.75) is 39.3 Å². The van der Waals surface area contributed by atoms with E-state index in [1.54, 1.807) is 5.01 Å². The first kappa shape index (κ1) is 12.4. The quantitative estimate of drug-likeness (QED) is 0.611. The lowest BCUT2D eigenvalue weighted by Gasteiger charge is -2.20. The first-order chi connectivity index (χ1) is 5.97. The molecule has 2 atom stereocenters. The van der Waals surface area contributed by atoms with Crippen molar-refractivity contribution in [2.75, 3.05) is 14.1 Å². The van der Waals surface area contributed by atoms with Crippen LogP contribution in [0.4, 0.5) is 0 Å². The molecule has 0 aliphatic heterocycles. The molecule has 0 rings (SSSR count). The van der Waals surface area contributed by atoms with E-state index in [2.05, 4.69) is 17.7 Å². The summed E-state index contributed by atoms with van der Waals surface area (Å²) in [6.07, 6.45) is 0.959. The summed E-state index contributed by atoms with van der Waals surface area (Å²) in [4.78, 5) is 11.4. The Morgan fingerprint density at radius 1 is 1.38 bits per heavy atom. The van der Waals surface area contributed by atoms with Gasteiger partial charge in [0.25, 0.3) is 0 Å². The molecular formula is C9H21N3O. The second-order valence-electron chi connectivity index (χ2n) is 3.56. The van der Waals surface area contributed by atoms with Gasteiger partial charge in [0.05, 0.1) is 6.04 Å². The van der Waals surface area contributed by atoms with Crippen LogP contribution in [-0.2, 0) is 4.79 Å². The fourth-order valence-corrected chi connectivity index (χ4v) is 0.916. The van der Waals surface area contributed by atoms with Gasteiger partial charge < -0.3 is 5.32 Å². The highest BCUT2D eigenvalue weighted by molar-refractivity contribution is 5.81. The van der Waals surface area contributed by atoms with Crippen molar-refractivity contribution in [3.8, 4) is 0 Å². The molecule has 1 amide bonds. The first-order valence-corrected chi connectivity index (χ1v) is 4.71. The van der Waals surface area contributed by atoms with E-state index in [9.17, 15) is 4.79 Å². The van der Waals surface area contributed by atoms with Gasteiger partial charge in [-0.25, -0.2) is 10.4 Å². The molecule has 0 aliphatic carbocycles. The van der Waals surface area contributed by atoms with E-state index >= 15 is 0 Å². The van der Waals surface area contributed by atoms with Gasteiger partial charge in [0.2, 0.25) is 5.91 Å². The van der Waals surface area contributed by atoms with Gasteiger partial charge in [-0.1, -0.05) is 6.92 Å². The number of rotatable bonds is 5. The minimum Gasteiger partial charge on any atom is -0.352 e. The molecule has 4 nitrogen and oxygen atoms in total. The van der Waals surface area contributed by atoms with Crippen molar-refractivity contribution in [2.24, 2.45) is 0 Å². The molecule has 0 aromatic rings. The largest absolute Gasteiger partial charge is 0.352 e. The normalized spacial score (nSPS) is 15.5. The van der Waals surface area contributed by atoms with E-state index in [0.717, 1.165) is 6.42 Å².